The van der Waals surface area contributed by atoms with Gasteiger partial charge in [0.2, 0.25) is 0 Å². The van der Waals surface area contributed by atoms with Gasteiger partial charge < -0.3 is 15.4 Å². The summed E-state index contributed by atoms with van der Waals surface area (Å²) in [7, 11) is 0. The highest BCUT2D eigenvalue weighted by atomic mass is 32.1. The predicted molar refractivity (Wildman–Crippen MR) is 109 cm³/mol. The molecule has 0 saturated heterocycles. The van der Waals surface area contributed by atoms with Crippen molar-refractivity contribution in [1.82, 2.24) is 0 Å². The van der Waals surface area contributed by atoms with Gasteiger partial charge in [0.1, 0.15) is 15.7 Å². The van der Waals surface area contributed by atoms with Gasteiger partial charge in [-0.15, -0.1) is 11.3 Å². The lowest BCUT2D eigenvalue weighted by molar-refractivity contribution is 0.0532. The van der Waals surface area contributed by atoms with Crippen LogP contribution >= 0.6 is 11.3 Å². The van der Waals surface area contributed by atoms with Gasteiger partial charge in [0, 0.05) is 11.3 Å². The molecular weight excluding hydrogens is 395 g/mol. The SMILES string of the molecule is CCOC(=O)c1cc(C(=O)Nc2ccccc2)c(NC(=O)c2ccc(F)cc2)s1. The average Bonchev–Trinajstić information content (AvgIpc) is 3.13. The van der Waals surface area contributed by atoms with Crippen molar-refractivity contribution in [1.29, 1.82) is 0 Å². The number of halogens is 1. The molecule has 0 fully saturated rings. The fraction of sp³-hybridized carbons (Fsp3) is 0.0952. The minimum absolute atomic E-state index is 0.123. The molecule has 148 valence electrons. The van der Waals surface area contributed by atoms with Crippen LogP contribution in [-0.4, -0.2) is 24.4 Å². The number of benzene rings is 2. The second-order valence-electron chi connectivity index (χ2n) is 5.86. The topological polar surface area (TPSA) is 84.5 Å². The van der Waals surface area contributed by atoms with E-state index in [9.17, 15) is 18.8 Å². The molecule has 0 aliphatic carbocycles. The van der Waals surface area contributed by atoms with E-state index >= 15 is 0 Å². The van der Waals surface area contributed by atoms with Gasteiger partial charge in [-0.2, -0.15) is 0 Å². The van der Waals surface area contributed by atoms with Gasteiger partial charge in [-0.05, 0) is 49.4 Å². The number of hydrogen-bond acceptors (Lipinski definition) is 5. The first kappa shape index (κ1) is 20.2. The maximum Gasteiger partial charge on any atom is 0.348 e. The number of rotatable bonds is 6. The van der Waals surface area contributed by atoms with E-state index in [-0.39, 0.29) is 27.6 Å². The monoisotopic (exact) mass is 412 g/mol. The van der Waals surface area contributed by atoms with Crippen LogP contribution in [0.2, 0.25) is 0 Å². The molecule has 0 aliphatic heterocycles. The van der Waals surface area contributed by atoms with Crippen LogP contribution in [0.15, 0.2) is 60.7 Å². The smallest absolute Gasteiger partial charge is 0.348 e. The Kier molecular flexibility index (Phi) is 6.36. The maximum atomic E-state index is 13.1. The number of para-hydroxylation sites is 1. The summed E-state index contributed by atoms with van der Waals surface area (Å²) in [6.45, 7) is 1.85. The Bertz CT molecular complexity index is 1030. The molecule has 0 radical (unpaired) electrons. The number of anilines is 2. The van der Waals surface area contributed by atoms with E-state index in [1.165, 1.54) is 18.2 Å². The zero-order chi connectivity index (χ0) is 20.8. The molecule has 29 heavy (non-hydrogen) atoms. The zero-order valence-corrected chi connectivity index (χ0v) is 16.2. The first-order chi connectivity index (χ1) is 14.0. The first-order valence-electron chi connectivity index (χ1n) is 8.72. The van der Waals surface area contributed by atoms with Gasteiger partial charge in [-0.1, -0.05) is 18.2 Å². The third kappa shape index (κ3) is 5.05. The Hall–Kier alpha value is -3.52. The lowest BCUT2D eigenvalue weighted by atomic mass is 10.2. The Morgan fingerprint density at radius 2 is 1.66 bits per heavy atom. The molecule has 0 atom stereocenters. The van der Waals surface area contributed by atoms with Crippen molar-refractivity contribution in [3.8, 4) is 0 Å². The molecule has 8 heteroatoms. The molecule has 6 nitrogen and oxygen atoms in total. The first-order valence-corrected chi connectivity index (χ1v) is 9.54. The average molecular weight is 412 g/mol. The van der Waals surface area contributed by atoms with Gasteiger partial charge in [0.15, 0.2) is 0 Å². The summed E-state index contributed by atoms with van der Waals surface area (Å²) >= 11 is 0.931. The summed E-state index contributed by atoms with van der Waals surface area (Å²) in [5, 5.41) is 5.53. The van der Waals surface area contributed by atoms with Crippen LogP contribution in [0.25, 0.3) is 0 Å². The van der Waals surface area contributed by atoms with E-state index in [4.69, 9.17) is 4.74 Å². The van der Waals surface area contributed by atoms with Crippen LogP contribution in [-0.2, 0) is 4.74 Å². The number of ether oxygens (including phenoxy) is 1. The van der Waals surface area contributed by atoms with E-state index in [0.717, 1.165) is 23.5 Å². The van der Waals surface area contributed by atoms with Crippen LogP contribution in [0, 0.1) is 5.82 Å². The van der Waals surface area contributed by atoms with Crippen molar-refractivity contribution in [2.45, 2.75) is 6.92 Å². The fourth-order valence-corrected chi connectivity index (χ4v) is 3.40. The van der Waals surface area contributed by atoms with E-state index < -0.39 is 23.6 Å². The molecule has 2 amide bonds. The normalized spacial score (nSPS) is 10.3. The summed E-state index contributed by atoms with van der Waals surface area (Å²) in [4.78, 5) is 37.5. The van der Waals surface area contributed by atoms with Crippen molar-refractivity contribution < 1.29 is 23.5 Å². The number of carbonyl (C=O) groups is 3. The molecular formula is C21H17FN2O4S. The molecule has 0 spiro atoms. The van der Waals surface area contributed by atoms with Crippen molar-refractivity contribution in [2.75, 3.05) is 17.2 Å². The number of nitrogens with one attached hydrogen (secondary N) is 2. The van der Waals surface area contributed by atoms with E-state index in [1.54, 1.807) is 31.2 Å². The van der Waals surface area contributed by atoms with Gasteiger partial charge in [-0.25, -0.2) is 9.18 Å². The van der Waals surface area contributed by atoms with Crippen LogP contribution in [0.3, 0.4) is 0 Å². The van der Waals surface area contributed by atoms with Crippen molar-refractivity contribution in [3.63, 3.8) is 0 Å². The molecule has 1 aromatic heterocycles. The summed E-state index contributed by atoms with van der Waals surface area (Å²) in [6, 6.07) is 15.1. The fourth-order valence-electron chi connectivity index (χ4n) is 2.45. The number of esters is 1. The summed E-state index contributed by atoms with van der Waals surface area (Å²) in [5.74, 6) is -2.08. The van der Waals surface area contributed by atoms with Gasteiger partial charge >= 0.3 is 5.97 Å². The molecule has 0 bridgehead atoms. The lowest BCUT2D eigenvalue weighted by Crippen LogP contribution is -2.16. The Balaban J connectivity index is 1.89. The Morgan fingerprint density at radius 3 is 2.31 bits per heavy atom. The number of thiophene rings is 1. The van der Waals surface area contributed by atoms with Crippen LogP contribution in [0.1, 0.15) is 37.3 Å². The second kappa shape index (κ2) is 9.11. The third-order valence-corrected chi connectivity index (χ3v) is 4.85. The molecule has 1 heterocycles. The molecule has 2 N–H and O–H groups in total. The minimum atomic E-state index is -0.589. The largest absolute Gasteiger partial charge is 0.462 e. The highest BCUT2D eigenvalue weighted by molar-refractivity contribution is 7.18. The highest BCUT2D eigenvalue weighted by Crippen LogP contribution is 2.30. The lowest BCUT2D eigenvalue weighted by Gasteiger charge is -2.07. The van der Waals surface area contributed by atoms with Gasteiger partial charge in [-0.3, -0.25) is 9.59 Å². The Labute approximate surface area is 170 Å². The van der Waals surface area contributed by atoms with Gasteiger partial charge in [0.05, 0.1) is 12.2 Å². The predicted octanol–water partition coefficient (Wildman–Crippen LogP) is 4.57. The molecule has 3 rings (SSSR count). The molecule has 0 unspecified atom stereocenters. The van der Waals surface area contributed by atoms with Crippen LogP contribution in [0.4, 0.5) is 15.1 Å². The van der Waals surface area contributed by atoms with E-state index in [1.807, 2.05) is 6.07 Å². The number of carbonyl (C=O) groups excluding carboxylic acids is 3. The third-order valence-electron chi connectivity index (χ3n) is 3.82. The number of hydrogen-bond donors (Lipinski definition) is 2. The minimum Gasteiger partial charge on any atom is -0.462 e. The highest BCUT2D eigenvalue weighted by Gasteiger charge is 2.22. The van der Waals surface area contributed by atoms with Crippen LogP contribution < -0.4 is 10.6 Å². The summed E-state index contributed by atoms with van der Waals surface area (Å²) in [5.41, 5.74) is 0.904. The molecule has 3 aromatic rings. The molecule has 2 aromatic carbocycles. The Morgan fingerprint density at radius 1 is 0.966 bits per heavy atom. The zero-order valence-electron chi connectivity index (χ0n) is 15.4. The van der Waals surface area contributed by atoms with E-state index in [0.29, 0.717) is 5.69 Å². The molecule has 0 aliphatic rings. The standard InChI is InChI=1S/C21H17FN2O4S/c1-2-28-21(27)17-12-16(19(26)23-15-6-4-3-5-7-15)20(29-17)24-18(25)13-8-10-14(22)11-9-13/h3-12H,2H2,1H3,(H,23,26)(H,24,25). The van der Waals surface area contributed by atoms with Crippen LogP contribution in [0.5, 0.6) is 0 Å². The maximum absolute atomic E-state index is 13.1. The van der Waals surface area contributed by atoms with Gasteiger partial charge in [0.25, 0.3) is 11.8 Å². The van der Waals surface area contributed by atoms with E-state index in [2.05, 4.69) is 10.6 Å². The molecule has 0 saturated carbocycles. The summed E-state index contributed by atoms with van der Waals surface area (Å²) in [6.07, 6.45) is 0. The van der Waals surface area contributed by atoms with Crippen molar-refractivity contribution in [3.05, 3.63) is 82.5 Å². The number of amides is 2. The van der Waals surface area contributed by atoms with Crippen molar-refractivity contribution in [2.24, 2.45) is 0 Å². The second-order valence-corrected chi connectivity index (χ2v) is 6.91. The van der Waals surface area contributed by atoms with Crippen molar-refractivity contribution >= 4 is 39.8 Å². The quantitative estimate of drug-likeness (QED) is 0.581. The summed E-state index contributed by atoms with van der Waals surface area (Å²) < 4.78 is 18.1.